The van der Waals surface area contributed by atoms with Crippen LogP contribution in [0, 0.1) is 0 Å². The highest BCUT2D eigenvalue weighted by Gasteiger charge is 2.06. The molecule has 1 rings (SSSR count). The topological polar surface area (TPSA) is 72.0 Å². The van der Waals surface area contributed by atoms with Crippen molar-refractivity contribution in [2.45, 2.75) is 51.9 Å². The quantitative estimate of drug-likeness (QED) is 0.147. The summed E-state index contributed by atoms with van der Waals surface area (Å²) in [6.45, 7) is 6.75. The van der Waals surface area contributed by atoms with Gasteiger partial charge in [-0.25, -0.2) is 0 Å². The summed E-state index contributed by atoms with van der Waals surface area (Å²) in [5.74, 6) is 2.06. The number of nitrogens with zero attached hydrogens (tertiary/aromatic N) is 1. The molecule has 0 aliphatic heterocycles. The number of halogens is 1. The van der Waals surface area contributed by atoms with Crippen molar-refractivity contribution in [3.05, 3.63) is 29.8 Å². The minimum Gasteiger partial charge on any atom is -0.497 e. The fourth-order valence-electron chi connectivity index (χ4n) is 2.70. The second kappa shape index (κ2) is 16.4. The van der Waals surface area contributed by atoms with E-state index in [1.807, 2.05) is 12.1 Å². The Balaban J connectivity index is 0.00000729. The maximum atomic E-state index is 11.1. The zero-order valence-corrected chi connectivity index (χ0v) is 20.0. The average molecular weight is 505 g/mol. The van der Waals surface area contributed by atoms with Gasteiger partial charge in [-0.1, -0.05) is 25.5 Å². The van der Waals surface area contributed by atoms with E-state index in [0.29, 0.717) is 12.3 Å². The van der Waals surface area contributed by atoms with E-state index in [4.69, 9.17) is 4.74 Å². The molecule has 0 heterocycles. The maximum Gasteiger partial charge on any atom is 0.305 e. The first-order chi connectivity index (χ1) is 13.1. The molecule has 0 fully saturated rings. The molecule has 0 amide bonds. The predicted molar refractivity (Wildman–Crippen MR) is 126 cm³/mol. The fourth-order valence-corrected chi connectivity index (χ4v) is 2.70. The fraction of sp³-hybridized carbons (Fsp3) is 0.619. The smallest absolute Gasteiger partial charge is 0.305 e. The summed E-state index contributed by atoms with van der Waals surface area (Å²) >= 11 is 0. The molecular weight excluding hydrogens is 469 g/mol. The van der Waals surface area contributed by atoms with Gasteiger partial charge in [-0.3, -0.25) is 9.79 Å². The van der Waals surface area contributed by atoms with Crippen LogP contribution in [0.15, 0.2) is 29.3 Å². The van der Waals surface area contributed by atoms with Crippen molar-refractivity contribution < 1.29 is 14.3 Å². The van der Waals surface area contributed by atoms with E-state index >= 15 is 0 Å². The molecule has 7 heteroatoms. The van der Waals surface area contributed by atoms with Gasteiger partial charge in [-0.15, -0.1) is 24.0 Å². The lowest BCUT2D eigenvalue weighted by molar-refractivity contribution is -0.140. The highest BCUT2D eigenvalue weighted by Crippen LogP contribution is 2.21. The van der Waals surface area contributed by atoms with Crippen LogP contribution in [0.3, 0.4) is 0 Å². The number of aliphatic imine (C=N–C) groups is 1. The first-order valence-electron chi connectivity index (χ1n) is 9.83. The third kappa shape index (κ3) is 11.4. The van der Waals surface area contributed by atoms with Crippen molar-refractivity contribution in [1.82, 2.24) is 10.6 Å². The SMILES string of the molecule is CCNC(=NCCCCCC(=O)OC)NCCC(C)c1ccc(OC)cc1.I. The van der Waals surface area contributed by atoms with E-state index < -0.39 is 0 Å². The van der Waals surface area contributed by atoms with Crippen LogP contribution in [-0.4, -0.2) is 45.8 Å². The molecule has 0 saturated carbocycles. The van der Waals surface area contributed by atoms with Gasteiger partial charge in [-0.2, -0.15) is 0 Å². The molecule has 1 aromatic carbocycles. The Kier molecular flexibility index (Phi) is 15.6. The van der Waals surface area contributed by atoms with Crippen molar-refractivity contribution in [3.63, 3.8) is 0 Å². The lowest BCUT2D eigenvalue weighted by atomic mass is 9.98. The van der Waals surface area contributed by atoms with Gasteiger partial charge in [0, 0.05) is 26.1 Å². The normalized spacial score (nSPS) is 11.9. The number of carbonyl (C=O) groups excluding carboxylic acids is 1. The number of nitrogens with one attached hydrogen (secondary N) is 2. The Morgan fingerprint density at radius 1 is 1.11 bits per heavy atom. The molecule has 0 saturated heterocycles. The molecule has 1 atom stereocenters. The molecule has 0 aliphatic carbocycles. The standard InChI is InChI=1S/C21H35N3O3.HI/c1-5-22-21(23-15-8-6-7-9-20(25)27-4)24-16-14-17(2)18-10-12-19(26-3)13-11-18;/h10-13,17H,5-9,14-16H2,1-4H3,(H2,22,23,24);1H. The molecule has 6 nitrogen and oxygen atoms in total. The van der Waals surface area contributed by atoms with Crippen molar-refractivity contribution in [1.29, 1.82) is 0 Å². The first kappa shape index (κ1) is 26.5. The maximum absolute atomic E-state index is 11.1. The predicted octanol–water partition coefficient (Wildman–Crippen LogP) is 4.10. The average Bonchev–Trinajstić information content (AvgIpc) is 2.70. The van der Waals surface area contributed by atoms with Gasteiger partial charge in [0.1, 0.15) is 5.75 Å². The highest BCUT2D eigenvalue weighted by molar-refractivity contribution is 14.0. The molecule has 0 aromatic heterocycles. The lowest BCUT2D eigenvalue weighted by Gasteiger charge is -2.15. The van der Waals surface area contributed by atoms with Crippen LogP contribution in [0.4, 0.5) is 0 Å². The Hall–Kier alpha value is -1.51. The summed E-state index contributed by atoms with van der Waals surface area (Å²) in [4.78, 5) is 15.7. The molecule has 0 bridgehead atoms. The molecule has 1 unspecified atom stereocenters. The number of rotatable bonds is 12. The Labute approximate surface area is 186 Å². The van der Waals surface area contributed by atoms with E-state index in [1.165, 1.54) is 12.7 Å². The molecular formula is C21H36IN3O3. The number of esters is 1. The van der Waals surface area contributed by atoms with Gasteiger partial charge in [0.25, 0.3) is 0 Å². The summed E-state index contributed by atoms with van der Waals surface area (Å²) in [6, 6.07) is 8.25. The van der Waals surface area contributed by atoms with Crippen molar-refractivity contribution in [2.75, 3.05) is 33.9 Å². The van der Waals surface area contributed by atoms with Crippen LogP contribution in [-0.2, 0) is 9.53 Å². The van der Waals surface area contributed by atoms with Gasteiger partial charge in [-0.05, 0) is 49.8 Å². The Morgan fingerprint density at radius 2 is 1.82 bits per heavy atom. The number of hydrogen-bond acceptors (Lipinski definition) is 4. The van der Waals surface area contributed by atoms with Crippen LogP contribution in [0.25, 0.3) is 0 Å². The molecule has 0 spiro atoms. The van der Waals surface area contributed by atoms with Gasteiger partial charge in [0.15, 0.2) is 5.96 Å². The van der Waals surface area contributed by atoms with Gasteiger partial charge in [0.2, 0.25) is 0 Å². The third-order valence-corrected chi connectivity index (χ3v) is 4.44. The van der Waals surface area contributed by atoms with Gasteiger partial charge >= 0.3 is 5.97 Å². The minimum atomic E-state index is -0.139. The number of methoxy groups -OCH3 is 2. The first-order valence-corrected chi connectivity index (χ1v) is 9.83. The van der Waals surface area contributed by atoms with Gasteiger partial charge in [0.05, 0.1) is 14.2 Å². The molecule has 0 aliphatic rings. The zero-order valence-electron chi connectivity index (χ0n) is 17.6. The molecule has 1 aromatic rings. The number of ether oxygens (including phenoxy) is 2. The molecule has 160 valence electrons. The minimum absolute atomic E-state index is 0. The van der Waals surface area contributed by atoms with Crippen molar-refractivity contribution in [2.24, 2.45) is 4.99 Å². The van der Waals surface area contributed by atoms with E-state index in [0.717, 1.165) is 57.0 Å². The van der Waals surface area contributed by atoms with Crippen molar-refractivity contribution >= 4 is 35.9 Å². The van der Waals surface area contributed by atoms with Crippen LogP contribution < -0.4 is 15.4 Å². The monoisotopic (exact) mass is 505 g/mol. The van der Waals surface area contributed by atoms with E-state index in [2.05, 4.69) is 46.3 Å². The third-order valence-electron chi connectivity index (χ3n) is 4.44. The second-order valence-corrected chi connectivity index (χ2v) is 6.54. The lowest BCUT2D eigenvalue weighted by Crippen LogP contribution is -2.38. The van der Waals surface area contributed by atoms with Crippen LogP contribution in [0.5, 0.6) is 5.75 Å². The number of benzene rings is 1. The largest absolute Gasteiger partial charge is 0.497 e. The van der Waals surface area contributed by atoms with E-state index in [-0.39, 0.29) is 29.9 Å². The van der Waals surface area contributed by atoms with Gasteiger partial charge < -0.3 is 20.1 Å². The molecule has 0 radical (unpaired) electrons. The van der Waals surface area contributed by atoms with Crippen LogP contribution in [0.2, 0.25) is 0 Å². The highest BCUT2D eigenvalue weighted by atomic mass is 127. The van der Waals surface area contributed by atoms with Crippen LogP contribution >= 0.6 is 24.0 Å². The Morgan fingerprint density at radius 3 is 2.43 bits per heavy atom. The number of unbranched alkanes of at least 4 members (excludes halogenated alkanes) is 2. The van der Waals surface area contributed by atoms with Crippen molar-refractivity contribution in [3.8, 4) is 5.75 Å². The summed E-state index contributed by atoms with van der Waals surface area (Å²) in [7, 11) is 3.11. The molecule has 2 N–H and O–H groups in total. The Bertz CT molecular complexity index is 565. The number of guanidine groups is 1. The number of carbonyl (C=O) groups is 1. The zero-order chi connectivity index (χ0) is 19.9. The molecule has 28 heavy (non-hydrogen) atoms. The summed E-state index contributed by atoms with van der Waals surface area (Å²) in [5.41, 5.74) is 1.31. The summed E-state index contributed by atoms with van der Waals surface area (Å²) in [6.07, 6.45) is 4.31. The summed E-state index contributed by atoms with van der Waals surface area (Å²) in [5, 5.41) is 6.68. The number of hydrogen-bond donors (Lipinski definition) is 2. The summed E-state index contributed by atoms with van der Waals surface area (Å²) < 4.78 is 9.85. The van der Waals surface area contributed by atoms with E-state index in [1.54, 1.807) is 7.11 Å². The second-order valence-electron chi connectivity index (χ2n) is 6.54. The van der Waals surface area contributed by atoms with Crippen LogP contribution in [0.1, 0.15) is 57.4 Å². The van der Waals surface area contributed by atoms with E-state index in [9.17, 15) is 4.79 Å².